The summed E-state index contributed by atoms with van der Waals surface area (Å²) in [5.74, 6) is -0.750. The van der Waals surface area contributed by atoms with Crippen molar-refractivity contribution in [3.8, 4) is 6.07 Å². The van der Waals surface area contributed by atoms with E-state index in [-0.39, 0.29) is 11.8 Å². The molecule has 1 unspecified atom stereocenters. The third-order valence-corrected chi connectivity index (χ3v) is 3.12. The maximum Gasteiger partial charge on any atom is 0.242 e. The molecule has 15 heavy (non-hydrogen) atoms. The van der Waals surface area contributed by atoms with Crippen LogP contribution in [0.25, 0.3) is 0 Å². The first-order chi connectivity index (χ1) is 7.06. The minimum atomic E-state index is -0.577. The van der Waals surface area contributed by atoms with Gasteiger partial charge < -0.3 is 5.32 Å². The van der Waals surface area contributed by atoms with E-state index in [2.05, 4.69) is 5.32 Å². The van der Waals surface area contributed by atoms with Gasteiger partial charge in [0.15, 0.2) is 0 Å². The van der Waals surface area contributed by atoms with Crippen LogP contribution >= 0.6 is 11.3 Å². The Morgan fingerprint density at radius 3 is 2.67 bits per heavy atom. The zero-order valence-corrected chi connectivity index (χ0v) is 9.89. The van der Waals surface area contributed by atoms with Crippen LogP contribution in [0.1, 0.15) is 19.4 Å². The number of nitrogens with zero attached hydrogens (tertiary/aromatic N) is 1. The molecule has 1 aromatic rings. The molecule has 0 aliphatic heterocycles. The molecule has 80 valence electrons. The summed E-state index contributed by atoms with van der Waals surface area (Å²) in [5.41, 5.74) is 1.04. The average Bonchev–Trinajstić information content (AvgIpc) is 2.52. The van der Waals surface area contributed by atoms with Gasteiger partial charge in [-0.3, -0.25) is 4.79 Å². The molecule has 0 aromatic carbocycles. The SMILES string of the molecule is Cc1ccsc1NC(=O)C(C#N)C(C)C. The van der Waals surface area contributed by atoms with Gasteiger partial charge in [0.25, 0.3) is 0 Å². The second-order valence-corrected chi connectivity index (χ2v) is 4.69. The summed E-state index contributed by atoms with van der Waals surface area (Å²) in [6.07, 6.45) is 0. The van der Waals surface area contributed by atoms with Crippen LogP contribution < -0.4 is 5.32 Å². The largest absolute Gasteiger partial charge is 0.316 e. The van der Waals surface area contributed by atoms with Crippen molar-refractivity contribution in [3.63, 3.8) is 0 Å². The molecular weight excluding hydrogens is 208 g/mol. The molecule has 0 bridgehead atoms. The highest BCUT2D eigenvalue weighted by molar-refractivity contribution is 7.14. The Morgan fingerprint density at radius 2 is 2.27 bits per heavy atom. The Morgan fingerprint density at radius 1 is 1.60 bits per heavy atom. The first kappa shape index (κ1) is 11.7. The third kappa shape index (κ3) is 2.80. The first-order valence-corrected chi connectivity index (χ1v) is 5.68. The lowest BCUT2D eigenvalue weighted by atomic mass is 9.97. The molecule has 0 aliphatic carbocycles. The molecule has 1 rings (SSSR count). The zero-order chi connectivity index (χ0) is 11.4. The van der Waals surface area contributed by atoms with Crippen LogP contribution in [-0.4, -0.2) is 5.91 Å². The smallest absolute Gasteiger partial charge is 0.242 e. The average molecular weight is 222 g/mol. The molecule has 4 heteroatoms. The van der Waals surface area contributed by atoms with E-state index in [0.29, 0.717) is 0 Å². The van der Waals surface area contributed by atoms with E-state index in [0.717, 1.165) is 10.6 Å². The summed E-state index contributed by atoms with van der Waals surface area (Å²) in [6.45, 7) is 5.67. The summed E-state index contributed by atoms with van der Waals surface area (Å²) in [7, 11) is 0. The van der Waals surface area contributed by atoms with Crippen LogP contribution in [0.2, 0.25) is 0 Å². The van der Waals surface area contributed by atoms with Crippen molar-refractivity contribution in [1.82, 2.24) is 0 Å². The fourth-order valence-electron chi connectivity index (χ4n) is 1.20. The number of aryl methyl sites for hydroxylation is 1. The van der Waals surface area contributed by atoms with Crippen molar-refractivity contribution in [2.75, 3.05) is 5.32 Å². The number of thiophene rings is 1. The lowest BCUT2D eigenvalue weighted by Crippen LogP contribution is -2.25. The molecule has 0 radical (unpaired) electrons. The quantitative estimate of drug-likeness (QED) is 0.855. The molecule has 1 heterocycles. The highest BCUT2D eigenvalue weighted by atomic mass is 32.1. The highest BCUT2D eigenvalue weighted by Crippen LogP contribution is 2.23. The number of hydrogen-bond acceptors (Lipinski definition) is 3. The fourth-order valence-corrected chi connectivity index (χ4v) is 2.02. The monoisotopic (exact) mass is 222 g/mol. The van der Waals surface area contributed by atoms with Crippen LogP contribution in [0.4, 0.5) is 5.00 Å². The van der Waals surface area contributed by atoms with E-state index in [1.165, 1.54) is 11.3 Å². The van der Waals surface area contributed by atoms with E-state index in [9.17, 15) is 4.79 Å². The van der Waals surface area contributed by atoms with E-state index in [4.69, 9.17) is 5.26 Å². The topological polar surface area (TPSA) is 52.9 Å². The summed E-state index contributed by atoms with van der Waals surface area (Å²) >= 11 is 1.48. The Bertz CT molecular complexity index is 390. The van der Waals surface area contributed by atoms with Crippen LogP contribution in [-0.2, 0) is 4.79 Å². The lowest BCUT2D eigenvalue weighted by Gasteiger charge is -2.12. The molecule has 1 amide bonds. The molecule has 3 nitrogen and oxygen atoms in total. The molecule has 0 aliphatic rings. The number of carbonyl (C=O) groups is 1. The summed E-state index contributed by atoms with van der Waals surface area (Å²) in [5, 5.41) is 14.4. The van der Waals surface area contributed by atoms with Crippen molar-refractivity contribution in [2.24, 2.45) is 11.8 Å². The number of amides is 1. The number of hydrogen-bond donors (Lipinski definition) is 1. The van der Waals surface area contributed by atoms with Gasteiger partial charge in [-0.15, -0.1) is 11.3 Å². The first-order valence-electron chi connectivity index (χ1n) is 4.80. The van der Waals surface area contributed by atoms with Gasteiger partial charge in [-0.1, -0.05) is 13.8 Å². The van der Waals surface area contributed by atoms with Gasteiger partial charge in [0.05, 0.1) is 11.1 Å². The van der Waals surface area contributed by atoms with Gasteiger partial charge in [-0.2, -0.15) is 5.26 Å². The number of anilines is 1. The van der Waals surface area contributed by atoms with Gasteiger partial charge >= 0.3 is 0 Å². The van der Waals surface area contributed by atoms with Crippen LogP contribution in [0.3, 0.4) is 0 Å². The molecule has 0 saturated heterocycles. The van der Waals surface area contributed by atoms with Crippen molar-refractivity contribution >= 4 is 22.2 Å². The third-order valence-electron chi connectivity index (χ3n) is 2.19. The molecule has 1 aromatic heterocycles. The molecule has 0 saturated carbocycles. The second-order valence-electron chi connectivity index (χ2n) is 3.77. The number of nitriles is 1. The molecular formula is C11H14N2OS. The normalized spacial score (nSPS) is 12.2. The Labute approximate surface area is 93.7 Å². The predicted octanol–water partition coefficient (Wildman–Crippen LogP) is 2.79. The molecule has 0 spiro atoms. The minimum Gasteiger partial charge on any atom is -0.316 e. The molecule has 1 N–H and O–H groups in total. The summed E-state index contributed by atoms with van der Waals surface area (Å²) in [6, 6.07) is 3.97. The van der Waals surface area contributed by atoms with Crippen molar-refractivity contribution in [2.45, 2.75) is 20.8 Å². The number of nitrogens with one attached hydrogen (secondary N) is 1. The Hall–Kier alpha value is -1.34. The Kier molecular flexibility index (Phi) is 3.87. The predicted molar refractivity (Wildman–Crippen MR) is 61.6 cm³/mol. The van der Waals surface area contributed by atoms with E-state index in [1.807, 2.05) is 38.3 Å². The van der Waals surface area contributed by atoms with Gasteiger partial charge in [-0.25, -0.2) is 0 Å². The van der Waals surface area contributed by atoms with Crippen molar-refractivity contribution in [3.05, 3.63) is 17.0 Å². The summed E-state index contributed by atoms with van der Waals surface area (Å²) < 4.78 is 0. The standard InChI is InChI=1S/C11H14N2OS/c1-7(2)9(6-12)10(14)13-11-8(3)4-5-15-11/h4-5,7,9H,1-3H3,(H,13,14). The van der Waals surface area contributed by atoms with E-state index < -0.39 is 5.92 Å². The van der Waals surface area contributed by atoms with Crippen molar-refractivity contribution in [1.29, 1.82) is 5.26 Å². The fraction of sp³-hybridized carbons (Fsp3) is 0.455. The van der Waals surface area contributed by atoms with Gasteiger partial charge in [-0.05, 0) is 29.9 Å². The number of carbonyl (C=O) groups excluding carboxylic acids is 1. The van der Waals surface area contributed by atoms with Gasteiger partial charge in [0, 0.05) is 0 Å². The van der Waals surface area contributed by atoms with Crippen molar-refractivity contribution < 1.29 is 4.79 Å². The summed E-state index contributed by atoms with van der Waals surface area (Å²) in [4.78, 5) is 11.7. The minimum absolute atomic E-state index is 0.0373. The maximum absolute atomic E-state index is 11.7. The number of rotatable bonds is 3. The van der Waals surface area contributed by atoms with E-state index in [1.54, 1.807) is 0 Å². The lowest BCUT2D eigenvalue weighted by molar-refractivity contribution is -0.119. The molecule has 0 fully saturated rings. The van der Waals surface area contributed by atoms with E-state index >= 15 is 0 Å². The van der Waals surface area contributed by atoms with Gasteiger partial charge in [0.1, 0.15) is 5.92 Å². The zero-order valence-electron chi connectivity index (χ0n) is 9.07. The Balaban J connectivity index is 2.72. The molecule has 1 atom stereocenters. The van der Waals surface area contributed by atoms with Crippen LogP contribution in [0.5, 0.6) is 0 Å². The van der Waals surface area contributed by atoms with Crippen LogP contribution in [0, 0.1) is 30.1 Å². The second kappa shape index (κ2) is 4.94. The van der Waals surface area contributed by atoms with Gasteiger partial charge in [0.2, 0.25) is 5.91 Å². The van der Waals surface area contributed by atoms with Crippen LogP contribution in [0.15, 0.2) is 11.4 Å². The maximum atomic E-state index is 11.7. The highest BCUT2D eigenvalue weighted by Gasteiger charge is 2.22.